The van der Waals surface area contributed by atoms with Crippen LogP contribution in [0.1, 0.15) is 18.4 Å². The second kappa shape index (κ2) is 3.59. The molecule has 3 nitrogen and oxygen atoms in total. The Bertz CT molecular complexity index is 425. The Kier molecular flexibility index (Phi) is 2.21. The predicted molar refractivity (Wildman–Crippen MR) is 63.3 cm³/mol. The van der Waals surface area contributed by atoms with Crippen molar-refractivity contribution < 1.29 is 4.74 Å². The Balaban J connectivity index is 1.77. The van der Waals surface area contributed by atoms with E-state index < -0.39 is 0 Å². The second-order valence-corrected chi connectivity index (χ2v) is 4.88. The van der Waals surface area contributed by atoms with Crippen LogP contribution in [0.25, 0.3) is 6.08 Å². The second-order valence-electron chi connectivity index (χ2n) is 4.88. The van der Waals surface area contributed by atoms with E-state index in [4.69, 9.17) is 4.74 Å². The van der Waals surface area contributed by atoms with Crippen molar-refractivity contribution in [3.05, 3.63) is 29.6 Å². The summed E-state index contributed by atoms with van der Waals surface area (Å²) in [6.45, 7) is 2.38. The van der Waals surface area contributed by atoms with Crippen LogP contribution in [-0.2, 0) is 0 Å². The Morgan fingerprint density at radius 2 is 2.25 bits per heavy atom. The van der Waals surface area contributed by atoms with Gasteiger partial charge in [-0.2, -0.15) is 0 Å². The highest BCUT2D eigenvalue weighted by Crippen LogP contribution is 2.48. The summed E-state index contributed by atoms with van der Waals surface area (Å²) in [7, 11) is 1.70. The van der Waals surface area contributed by atoms with Crippen LogP contribution in [0, 0.1) is 5.41 Å². The lowest BCUT2D eigenvalue weighted by molar-refractivity contribution is 0.113. The third kappa shape index (κ3) is 1.52. The van der Waals surface area contributed by atoms with Gasteiger partial charge in [-0.05, 0) is 18.9 Å². The Labute approximate surface area is 95.5 Å². The number of hydrogen-bond donors (Lipinski definition) is 1. The molecule has 1 saturated carbocycles. The quantitative estimate of drug-likeness (QED) is 0.819. The third-order valence-electron chi connectivity index (χ3n) is 3.59. The highest BCUT2D eigenvalue weighted by atomic mass is 16.5. The van der Waals surface area contributed by atoms with Crippen molar-refractivity contribution in [1.82, 2.24) is 10.3 Å². The van der Waals surface area contributed by atoms with Crippen molar-refractivity contribution in [2.75, 3.05) is 20.2 Å². The third-order valence-corrected chi connectivity index (χ3v) is 3.59. The summed E-state index contributed by atoms with van der Waals surface area (Å²) < 4.78 is 5.31. The summed E-state index contributed by atoms with van der Waals surface area (Å²) in [5.74, 6) is 0.912. The van der Waals surface area contributed by atoms with Crippen LogP contribution in [0.15, 0.2) is 24.0 Å². The summed E-state index contributed by atoms with van der Waals surface area (Å²) in [6, 6.07) is 1.91. The average Bonchev–Trinajstić information content (AvgIpc) is 2.20. The average molecular weight is 216 g/mol. The van der Waals surface area contributed by atoms with Crippen molar-refractivity contribution in [2.24, 2.45) is 5.41 Å². The number of aromatic nitrogens is 1. The lowest BCUT2D eigenvalue weighted by atomic mass is 9.61. The lowest BCUT2D eigenvalue weighted by Crippen LogP contribution is -2.57. The van der Waals surface area contributed by atoms with Gasteiger partial charge in [-0.3, -0.25) is 4.98 Å². The summed E-state index contributed by atoms with van der Waals surface area (Å²) >= 11 is 0. The monoisotopic (exact) mass is 216 g/mol. The molecule has 1 aliphatic carbocycles. The molecular formula is C13H16N2O. The molecule has 0 radical (unpaired) electrons. The molecule has 0 aromatic carbocycles. The Morgan fingerprint density at radius 1 is 1.44 bits per heavy atom. The van der Waals surface area contributed by atoms with Crippen LogP contribution in [0.3, 0.4) is 0 Å². The molecule has 1 spiro atoms. The zero-order valence-corrected chi connectivity index (χ0v) is 9.49. The molecule has 1 aromatic heterocycles. The van der Waals surface area contributed by atoms with Gasteiger partial charge in [-0.15, -0.1) is 0 Å². The van der Waals surface area contributed by atoms with Gasteiger partial charge in [0.1, 0.15) is 5.75 Å². The van der Waals surface area contributed by atoms with Crippen LogP contribution in [-0.4, -0.2) is 25.2 Å². The molecule has 84 valence electrons. The maximum atomic E-state index is 5.31. The first-order valence-electron chi connectivity index (χ1n) is 5.70. The smallest absolute Gasteiger partial charge is 0.129 e. The number of methoxy groups -OCH3 is 1. The summed E-state index contributed by atoms with van der Waals surface area (Å²) in [5.41, 5.74) is 3.22. The first-order valence-corrected chi connectivity index (χ1v) is 5.70. The SMILES string of the molecule is COc1ccncc1C=C1CC2(CNC2)C1. The van der Waals surface area contributed by atoms with Gasteiger partial charge in [0.25, 0.3) is 0 Å². The predicted octanol–water partition coefficient (Wildman–Crippen LogP) is 1.86. The molecule has 0 atom stereocenters. The van der Waals surface area contributed by atoms with E-state index in [1.54, 1.807) is 13.3 Å². The highest BCUT2D eigenvalue weighted by Gasteiger charge is 2.45. The van der Waals surface area contributed by atoms with E-state index in [0.717, 1.165) is 11.3 Å². The molecule has 1 aliphatic heterocycles. The largest absolute Gasteiger partial charge is 0.496 e. The first kappa shape index (κ1) is 9.85. The molecule has 2 fully saturated rings. The van der Waals surface area contributed by atoms with E-state index in [0.29, 0.717) is 5.41 Å². The minimum atomic E-state index is 0.598. The number of rotatable bonds is 2. The van der Waals surface area contributed by atoms with Crippen LogP contribution in [0.5, 0.6) is 5.75 Å². The van der Waals surface area contributed by atoms with Gasteiger partial charge in [0.15, 0.2) is 0 Å². The molecule has 0 bridgehead atoms. The van der Waals surface area contributed by atoms with Crippen molar-refractivity contribution in [2.45, 2.75) is 12.8 Å². The number of hydrogen-bond acceptors (Lipinski definition) is 3. The van der Waals surface area contributed by atoms with Gasteiger partial charge >= 0.3 is 0 Å². The first-order chi connectivity index (χ1) is 7.81. The number of ether oxygens (including phenoxy) is 1. The van der Waals surface area contributed by atoms with Crippen molar-refractivity contribution in [1.29, 1.82) is 0 Å². The van der Waals surface area contributed by atoms with Crippen molar-refractivity contribution in [3.63, 3.8) is 0 Å². The fourth-order valence-electron chi connectivity index (χ4n) is 2.65. The molecule has 1 saturated heterocycles. The van der Waals surface area contributed by atoms with Crippen molar-refractivity contribution >= 4 is 6.08 Å². The standard InChI is InChI=1S/C13H16N2O/c1-16-12-2-3-14-7-11(12)4-10-5-13(6-10)8-15-9-13/h2-4,7,15H,5-6,8-9H2,1H3. The molecule has 3 rings (SSSR count). The summed E-state index contributed by atoms with van der Waals surface area (Å²) in [5, 5.41) is 3.35. The zero-order chi connectivity index (χ0) is 11.0. The van der Waals surface area contributed by atoms with Crippen LogP contribution < -0.4 is 10.1 Å². The molecule has 3 heteroatoms. The van der Waals surface area contributed by atoms with E-state index in [9.17, 15) is 0 Å². The van der Waals surface area contributed by atoms with Gasteiger partial charge in [0.2, 0.25) is 0 Å². The van der Waals surface area contributed by atoms with Crippen LogP contribution in [0.4, 0.5) is 0 Å². The number of allylic oxidation sites excluding steroid dienone is 1. The zero-order valence-electron chi connectivity index (χ0n) is 9.49. The fraction of sp³-hybridized carbons (Fsp3) is 0.462. The van der Waals surface area contributed by atoms with E-state index in [2.05, 4.69) is 16.4 Å². The molecule has 1 N–H and O–H groups in total. The molecule has 2 aliphatic rings. The maximum absolute atomic E-state index is 5.31. The molecule has 1 aromatic rings. The van der Waals surface area contributed by atoms with Gasteiger partial charge < -0.3 is 10.1 Å². The van der Waals surface area contributed by atoms with E-state index in [1.807, 2.05) is 12.3 Å². The molecule has 0 amide bonds. The molecule has 0 unspecified atom stereocenters. The Morgan fingerprint density at radius 3 is 2.88 bits per heavy atom. The van der Waals surface area contributed by atoms with Gasteiger partial charge in [-0.1, -0.05) is 11.6 Å². The van der Waals surface area contributed by atoms with Gasteiger partial charge in [0, 0.05) is 36.5 Å². The molecular weight excluding hydrogens is 200 g/mol. The van der Waals surface area contributed by atoms with Crippen molar-refractivity contribution in [3.8, 4) is 5.75 Å². The molecule has 2 heterocycles. The highest BCUT2D eigenvalue weighted by molar-refractivity contribution is 5.60. The van der Waals surface area contributed by atoms with Gasteiger partial charge in [0.05, 0.1) is 7.11 Å². The number of nitrogens with one attached hydrogen (secondary N) is 1. The minimum absolute atomic E-state index is 0.598. The van der Waals surface area contributed by atoms with Crippen LogP contribution >= 0.6 is 0 Å². The lowest BCUT2D eigenvalue weighted by Gasteiger charge is -2.51. The minimum Gasteiger partial charge on any atom is -0.496 e. The summed E-state index contributed by atoms with van der Waals surface area (Å²) in [6.07, 6.45) is 8.33. The van der Waals surface area contributed by atoms with E-state index in [-0.39, 0.29) is 0 Å². The maximum Gasteiger partial charge on any atom is 0.129 e. The number of nitrogens with zero attached hydrogens (tertiary/aromatic N) is 1. The van der Waals surface area contributed by atoms with E-state index in [1.165, 1.54) is 31.5 Å². The number of pyridine rings is 1. The summed E-state index contributed by atoms with van der Waals surface area (Å²) in [4.78, 5) is 4.14. The topological polar surface area (TPSA) is 34.1 Å². The molecule has 16 heavy (non-hydrogen) atoms. The van der Waals surface area contributed by atoms with Crippen LogP contribution in [0.2, 0.25) is 0 Å². The van der Waals surface area contributed by atoms with Gasteiger partial charge in [-0.25, -0.2) is 0 Å². The normalized spacial score (nSPS) is 21.2. The van der Waals surface area contributed by atoms with E-state index >= 15 is 0 Å². The Hall–Kier alpha value is -1.35. The fourth-order valence-corrected chi connectivity index (χ4v) is 2.65.